The lowest BCUT2D eigenvalue weighted by Crippen LogP contribution is -2.39. The standard InChI is InChI=1S/C16H14F3N3O3/c17-16(18,19)12-3-1-10(2-4-12)8-22-6-5-21-9-11(14(23)20-25)7-13(21)15(22)24/h1-4,7,9,25H,5-6,8H2,(H,20,23). The third kappa shape index (κ3) is 3.36. The van der Waals surface area contributed by atoms with Gasteiger partial charge in [-0.15, -0.1) is 0 Å². The van der Waals surface area contributed by atoms with Gasteiger partial charge in [0.2, 0.25) is 0 Å². The van der Waals surface area contributed by atoms with Gasteiger partial charge in [0, 0.05) is 25.8 Å². The second-order valence-electron chi connectivity index (χ2n) is 5.67. The molecule has 132 valence electrons. The van der Waals surface area contributed by atoms with Gasteiger partial charge in [-0.05, 0) is 23.8 Å². The van der Waals surface area contributed by atoms with Crippen molar-refractivity contribution in [2.24, 2.45) is 0 Å². The van der Waals surface area contributed by atoms with E-state index < -0.39 is 17.6 Å². The molecule has 25 heavy (non-hydrogen) atoms. The molecule has 2 amide bonds. The van der Waals surface area contributed by atoms with Crippen molar-refractivity contribution < 1.29 is 28.0 Å². The molecule has 9 heteroatoms. The number of carbonyl (C=O) groups excluding carboxylic acids is 2. The summed E-state index contributed by atoms with van der Waals surface area (Å²) in [7, 11) is 0. The summed E-state index contributed by atoms with van der Waals surface area (Å²) in [5.74, 6) is -1.05. The van der Waals surface area contributed by atoms with Gasteiger partial charge in [0.25, 0.3) is 11.8 Å². The minimum absolute atomic E-state index is 0.155. The monoisotopic (exact) mass is 353 g/mol. The number of amides is 2. The normalized spacial score (nSPS) is 14.4. The summed E-state index contributed by atoms with van der Waals surface area (Å²) in [5.41, 5.74) is 1.79. The Morgan fingerprint density at radius 3 is 2.48 bits per heavy atom. The van der Waals surface area contributed by atoms with Crippen molar-refractivity contribution in [3.63, 3.8) is 0 Å². The molecule has 0 aliphatic carbocycles. The van der Waals surface area contributed by atoms with Gasteiger partial charge in [-0.1, -0.05) is 12.1 Å². The molecule has 0 atom stereocenters. The lowest BCUT2D eigenvalue weighted by molar-refractivity contribution is -0.137. The molecule has 1 aromatic carbocycles. The highest BCUT2D eigenvalue weighted by Gasteiger charge is 2.30. The molecular weight excluding hydrogens is 339 g/mol. The summed E-state index contributed by atoms with van der Waals surface area (Å²) in [6.45, 7) is 0.978. The van der Waals surface area contributed by atoms with Crippen LogP contribution < -0.4 is 5.48 Å². The van der Waals surface area contributed by atoms with Crippen molar-refractivity contribution in [1.29, 1.82) is 0 Å². The van der Waals surface area contributed by atoms with Crippen LogP contribution in [-0.4, -0.2) is 33.0 Å². The van der Waals surface area contributed by atoms with Crippen molar-refractivity contribution in [1.82, 2.24) is 14.9 Å². The number of alkyl halides is 3. The Hall–Kier alpha value is -2.81. The number of hydrogen-bond acceptors (Lipinski definition) is 3. The molecule has 0 fully saturated rings. The first-order valence-corrected chi connectivity index (χ1v) is 7.39. The van der Waals surface area contributed by atoms with Gasteiger partial charge in [-0.2, -0.15) is 13.2 Å². The van der Waals surface area contributed by atoms with Gasteiger partial charge in [0.15, 0.2) is 0 Å². The first-order valence-electron chi connectivity index (χ1n) is 7.39. The zero-order valence-electron chi connectivity index (χ0n) is 12.9. The van der Waals surface area contributed by atoms with Crippen molar-refractivity contribution in [3.05, 3.63) is 58.9 Å². The maximum atomic E-state index is 12.6. The van der Waals surface area contributed by atoms with E-state index in [1.54, 1.807) is 4.57 Å². The SMILES string of the molecule is O=C(NO)c1cc2n(c1)CCN(Cc1ccc(C(F)(F)F)cc1)C2=O. The zero-order chi connectivity index (χ0) is 18.2. The predicted molar refractivity (Wildman–Crippen MR) is 79.9 cm³/mol. The molecular formula is C16H14F3N3O3. The summed E-state index contributed by atoms with van der Waals surface area (Å²) >= 11 is 0. The second kappa shape index (κ2) is 6.25. The number of carbonyl (C=O) groups is 2. The largest absolute Gasteiger partial charge is 0.416 e. The van der Waals surface area contributed by atoms with Crippen LogP contribution in [0.2, 0.25) is 0 Å². The Kier molecular flexibility index (Phi) is 4.25. The average molecular weight is 353 g/mol. The molecule has 0 radical (unpaired) electrons. The molecule has 1 aromatic heterocycles. The van der Waals surface area contributed by atoms with E-state index in [0.717, 1.165) is 12.1 Å². The van der Waals surface area contributed by atoms with E-state index in [4.69, 9.17) is 5.21 Å². The van der Waals surface area contributed by atoms with E-state index in [1.165, 1.54) is 34.8 Å². The van der Waals surface area contributed by atoms with E-state index in [0.29, 0.717) is 18.7 Å². The lowest BCUT2D eigenvalue weighted by atomic mass is 10.1. The van der Waals surface area contributed by atoms with Crippen LogP contribution in [0.25, 0.3) is 0 Å². The summed E-state index contributed by atoms with van der Waals surface area (Å²) in [6.07, 6.45) is -2.93. The van der Waals surface area contributed by atoms with Gasteiger partial charge in [-0.25, -0.2) is 5.48 Å². The molecule has 2 N–H and O–H groups in total. The van der Waals surface area contributed by atoms with Crippen molar-refractivity contribution in [2.75, 3.05) is 6.54 Å². The van der Waals surface area contributed by atoms with Crippen LogP contribution in [0, 0.1) is 0 Å². The summed E-state index contributed by atoms with van der Waals surface area (Å²) < 4.78 is 39.4. The van der Waals surface area contributed by atoms with E-state index in [2.05, 4.69) is 0 Å². The maximum absolute atomic E-state index is 12.6. The van der Waals surface area contributed by atoms with Crippen molar-refractivity contribution >= 4 is 11.8 Å². The molecule has 0 unspecified atom stereocenters. The van der Waals surface area contributed by atoms with Crippen molar-refractivity contribution in [2.45, 2.75) is 19.3 Å². The minimum atomic E-state index is -4.40. The lowest BCUT2D eigenvalue weighted by Gasteiger charge is -2.28. The summed E-state index contributed by atoms with van der Waals surface area (Å²) in [5, 5.41) is 8.66. The molecule has 6 nitrogen and oxygen atoms in total. The van der Waals surface area contributed by atoms with Crippen LogP contribution in [-0.2, 0) is 19.3 Å². The van der Waals surface area contributed by atoms with E-state index in [-0.39, 0.29) is 23.7 Å². The van der Waals surface area contributed by atoms with Crippen LogP contribution in [0.1, 0.15) is 32.0 Å². The quantitative estimate of drug-likeness (QED) is 0.657. The van der Waals surface area contributed by atoms with Crippen LogP contribution in [0.4, 0.5) is 13.2 Å². The van der Waals surface area contributed by atoms with Crippen LogP contribution in [0.15, 0.2) is 36.5 Å². The fourth-order valence-corrected chi connectivity index (χ4v) is 2.73. The van der Waals surface area contributed by atoms with E-state index in [1.807, 2.05) is 0 Å². The summed E-state index contributed by atoms with van der Waals surface area (Å²) in [6, 6.07) is 6.02. The first-order chi connectivity index (χ1) is 11.8. The van der Waals surface area contributed by atoms with Crippen molar-refractivity contribution in [3.8, 4) is 0 Å². The molecule has 0 bridgehead atoms. The smallest absolute Gasteiger partial charge is 0.341 e. The van der Waals surface area contributed by atoms with Crippen LogP contribution in [0.5, 0.6) is 0 Å². The predicted octanol–water partition coefficient (Wildman–Crippen LogP) is 2.28. The fraction of sp³-hybridized carbons (Fsp3) is 0.250. The Labute approximate surface area is 140 Å². The highest BCUT2D eigenvalue weighted by atomic mass is 19.4. The molecule has 0 saturated heterocycles. The highest BCUT2D eigenvalue weighted by Crippen LogP contribution is 2.29. The average Bonchev–Trinajstić information content (AvgIpc) is 3.01. The highest BCUT2D eigenvalue weighted by molar-refractivity contribution is 5.99. The number of rotatable bonds is 3. The second-order valence-corrected chi connectivity index (χ2v) is 5.67. The molecule has 3 rings (SSSR count). The number of benzene rings is 1. The minimum Gasteiger partial charge on any atom is -0.341 e. The molecule has 0 spiro atoms. The number of hydroxylamine groups is 1. The van der Waals surface area contributed by atoms with Gasteiger partial charge in [0.1, 0.15) is 5.69 Å². The zero-order valence-corrected chi connectivity index (χ0v) is 12.9. The maximum Gasteiger partial charge on any atom is 0.416 e. The third-order valence-electron chi connectivity index (χ3n) is 4.03. The topological polar surface area (TPSA) is 74.6 Å². The third-order valence-corrected chi connectivity index (χ3v) is 4.03. The van der Waals surface area contributed by atoms with E-state index >= 15 is 0 Å². The van der Waals surface area contributed by atoms with Gasteiger partial charge in [-0.3, -0.25) is 14.8 Å². The Morgan fingerprint density at radius 2 is 1.88 bits per heavy atom. The van der Waals surface area contributed by atoms with Crippen LogP contribution >= 0.6 is 0 Å². The number of nitrogens with zero attached hydrogens (tertiary/aromatic N) is 2. The fourth-order valence-electron chi connectivity index (χ4n) is 2.73. The Bertz CT molecular complexity index is 812. The molecule has 2 heterocycles. The summed E-state index contributed by atoms with van der Waals surface area (Å²) in [4.78, 5) is 25.4. The van der Waals surface area contributed by atoms with Gasteiger partial charge >= 0.3 is 6.18 Å². The first kappa shape index (κ1) is 17.0. The Balaban J connectivity index is 1.76. The van der Waals surface area contributed by atoms with E-state index in [9.17, 15) is 22.8 Å². The number of halogens is 3. The Morgan fingerprint density at radius 1 is 1.20 bits per heavy atom. The number of hydrogen-bond donors (Lipinski definition) is 2. The number of nitrogens with one attached hydrogen (secondary N) is 1. The van der Waals surface area contributed by atoms with Gasteiger partial charge < -0.3 is 9.47 Å². The molecule has 1 aliphatic heterocycles. The molecule has 0 saturated carbocycles. The molecule has 1 aliphatic rings. The molecule has 2 aromatic rings. The number of fused-ring (bicyclic) bond motifs is 1. The van der Waals surface area contributed by atoms with Crippen LogP contribution in [0.3, 0.4) is 0 Å². The van der Waals surface area contributed by atoms with Gasteiger partial charge in [0.05, 0.1) is 11.1 Å². The number of aromatic nitrogens is 1.